The van der Waals surface area contributed by atoms with Gasteiger partial charge in [0.05, 0.1) is 0 Å². The average molecular weight is 152 g/mol. The number of alkyl halides is 2. The van der Waals surface area contributed by atoms with E-state index in [4.69, 9.17) is 5.11 Å². The maximum Gasteiger partial charge on any atom is 0.310 e. The standard InChI is InChI=1S/C5H6F2O3/c6-2-3(7)4(8)1-5(9)10/h3H,1-2H2,(H,9,10). The molecule has 0 amide bonds. The summed E-state index contributed by atoms with van der Waals surface area (Å²) in [4.78, 5) is 19.9. The molecule has 3 nitrogen and oxygen atoms in total. The van der Waals surface area contributed by atoms with Gasteiger partial charge in [0.2, 0.25) is 0 Å². The fraction of sp³-hybridized carbons (Fsp3) is 0.600. The zero-order valence-corrected chi connectivity index (χ0v) is 5.01. The molecule has 1 atom stereocenters. The average Bonchev–Trinajstić information content (AvgIpc) is 1.85. The van der Waals surface area contributed by atoms with Gasteiger partial charge in [-0.15, -0.1) is 0 Å². The molecule has 0 rings (SSSR count). The molecule has 5 heteroatoms. The first-order chi connectivity index (χ1) is 4.57. The molecule has 10 heavy (non-hydrogen) atoms. The van der Waals surface area contributed by atoms with Crippen LogP contribution in [0.25, 0.3) is 0 Å². The Kier molecular flexibility index (Phi) is 3.53. The van der Waals surface area contributed by atoms with E-state index in [0.29, 0.717) is 0 Å². The number of Topliss-reactive ketones (excluding diaryl/α,β-unsaturated/α-hetero) is 1. The van der Waals surface area contributed by atoms with Gasteiger partial charge in [0.25, 0.3) is 0 Å². The van der Waals surface area contributed by atoms with E-state index < -0.39 is 31.0 Å². The van der Waals surface area contributed by atoms with Crippen LogP contribution < -0.4 is 0 Å². The first-order valence-electron chi connectivity index (χ1n) is 2.52. The van der Waals surface area contributed by atoms with E-state index in [0.717, 1.165) is 0 Å². The predicted octanol–water partition coefficient (Wildman–Crippen LogP) is 0.338. The van der Waals surface area contributed by atoms with Gasteiger partial charge in [-0.2, -0.15) is 0 Å². The number of carboxylic acids is 1. The molecule has 1 unspecified atom stereocenters. The molecular weight excluding hydrogens is 146 g/mol. The summed E-state index contributed by atoms with van der Waals surface area (Å²) in [6, 6.07) is 0. The molecule has 0 saturated heterocycles. The summed E-state index contributed by atoms with van der Waals surface area (Å²) in [5.74, 6) is -2.67. The van der Waals surface area contributed by atoms with Gasteiger partial charge in [-0.3, -0.25) is 9.59 Å². The molecule has 0 spiro atoms. The van der Waals surface area contributed by atoms with Gasteiger partial charge >= 0.3 is 5.97 Å². The van der Waals surface area contributed by atoms with Gasteiger partial charge in [-0.1, -0.05) is 0 Å². The third kappa shape index (κ3) is 3.11. The van der Waals surface area contributed by atoms with Crippen molar-refractivity contribution < 1.29 is 23.5 Å². The highest BCUT2D eigenvalue weighted by Crippen LogP contribution is 1.97. The Labute approximate surface area is 55.6 Å². The lowest BCUT2D eigenvalue weighted by molar-refractivity contribution is -0.141. The van der Waals surface area contributed by atoms with Crippen molar-refractivity contribution in [1.82, 2.24) is 0 Å². The summed E-state index contributed by atoms with van der Waals surface area (Å²) in [5, 5.41) is 7.92. The summed E-state index contributed by atoms with van der Waals surface area (Å²) in [5.41, 5.74) is 0. The SMILES string of the molecule is O=C(O)CC(=O)C(F)CF. The number of rotatable bonds is 4. The lowest BCUT2D eigenvalue weighted by Gasteiger charge is -1.97. The van der Waals surface area contributed by atoms with Crippen LogP contribution in [-0.2, 0) is 9.59 Å². The molecule has 0 aliphatic heterocycles. The van der Waals surface area contributed by atoms with Crippen LogP contribution in [-0.4, -0.2) is 29.7 Å². The lowest BCUT2D eigenvalue weighted by atomic mass is 10.2. The zero-order chi connectivity index (χ0) is 8.15. The van der Waals surface area contributed by atoms with Crippen LogP contribution in [0.15, 0.2) is 0 Å². The lowest BCUT2D eigenvalue weighted by Crippen LogP contribution is -2.20. The Hall–Kier alpha value is -1.00. The van der Waals surface area contributed by atoms with E-state index in [1.807, 2.05) is 0 Å². The molecule has 0 aromatic carbocycles. The topological polar surface area (TPSA) is 54.4 Å². The smallest absolute Gasteiger partial charge is 0.310 e. The molecular formula is C5H6F2O3. The van der Waals surface area contributed by atoms with Crippen molar-refractivity contribution >= 4 is 11.8 Å². The third-order valence-electron chi connectivity index (χ3n) is 0.810. The van der Waals surface area contributed by atoms with Crippen molar-refractivity contribution in [2.75, 3.05) is 6.67 Å². The second-order valence-corrected chi connectivity index (χ2v) is 1.66. The number of ketones is 1. The number of hydrogen-bond donors (Lipinski definition) is 1. The van der Waals surface area contributed by atoms with E-state index in [2.05, 4.69) is 0 Å². The van der Waals surface area contributed by atoms with Gasteiger partial charge in [0, 0.05) is 0 Å². The van der Waals surface area contributed by atoms with E-state index in [-0.39, 0.29) is 0 Å². The monoisotopic (exact) mass is 152 g/mol. The van der Waals surface area contributed by atoms with Crippen LogP contribution in [0.4, 0.5) is 8.78 Å². The molecule has 0 heterocycles. The van der Waals surface area contributed by atoms with Crippen LogP contribution in [0.1, 0.15) is 6.42 Å². The van der Waals surface area contributed by atoms with Crippen molar-refractivity contribution in [3.8, 4) is 0 Å². The highest BCUT2D eigenvalue weighted by molar-refractivity contribution is 5.97. The van der Waals surface area contributed by atoms with Crippen LogP contribution in [0.2, 0.25) is 0 Å². The molecule has 0 aliphatic rings. The largest absolute Gasteiger partial charge is 0.481 e. The van der Waals surface area contributed by atoms with Gasteiger partial charge in [-0.25, -0.2) is 8.78 Å². The molecule has 0 aliphatic carbocycles. The number of carbonyl (C=O) groups excluding carboxylic acids is 1. The fourth-order valence-electron chi connectivity index (χ4n) is 0.346. The second-order valence-electron chi connectivity index (χ2n) is 1.66. The van der Waals surface area contributed by atoms with E-state index in [1.165, 1.54) is 0 Å². The minimum Gasteiger partial charge on any atom is -0.481 e. The Balaban J connectivity index is 3.73. The highest BCUT2D eigenvalue weighted by atomic mass is 19.2. The Morgan fingerprint density at radius 3 is 2.30 bits per heavy atom. The molecule has 1 N–H and O–H groups in total. The van der Waals surface area contributed by atoms with Gasteiger partial charge in [0.1, 0.15) is 13.1 Å². The van der Waals surface area contributed by atoms with Crippen LogP contribution >= 0.6 is 0 Å². The summed E-state index contributed by atoms with van der Waals surface area (Å²) in [6.45, 7) is -1.45. The quantitative estimate of drug-likeness (QED) is 0.591. The summed E-state index contributed by atoms with van der Waals surface area (Å²) < 4.78 is 23.2. The van der Waals surface area contributed by atoms with Crippen molar-refractivity contribution in [3.05, 3.63) is 0 Å². The number of carboxylic acid groups (broad SMARTS) is 1. The van der Waals surface area contributed by atoms with Crippen LogP contribution in [0.3, 0.4) is 0 Å². The summed E-state index contributed by atoms with van der Waals surface area (Å²) >= 11 is 0. The molecule has 0 aromatic rings. The van der Waals surface area contributed by atoms with E-state index in [1.54, 1.807) is 0 Å². The van der Waals surface area contributed by atoms with Crippen LogP contribution in [0, 0.1) is 0 Å². The minimum absolute atomic E-state index is 0.953. The van der Waals surface area contributed by atoms with Crippen molar-refractivity contribution in [2.24, 2.45) is 0 Å². The molecule has 0 fully saturated rings. The number of aliphatic carboxylic acids is 1. The predicted molar refractivity (Wildman–Crippen MR) is 28.1 cm³/mol. The van der Waals surface area contributed by atoms with Crippen molar-refractivity contribution in [2.45, 2.75) is 12.6 Å². The minimum atomic E-state index is -2.28. The maximum absolute atomic E-state index is 11.9. The summed E-state index contributed by atoms with van der Waals surface area (Å²) in [7, 11) is 0. The Morgan fingerprint density at radius 1 is 1.50 bits per heavy atom. The third-order valence-corrected chi connectivity index (χ3v) is 0.810. The second kappa shape index (κ2) is 3.92. The van der Waals surface area contributed by atoms with Crippen molar-refractivity contribution in [1.29, 1.82) is 0 Å². The van der Waals surface area contributed by atoms with Crippen LogP contribution in [0.5, 0.6) is 0 Å². The Bertz CT molecular complexity index is 146. The molecule has 0 radical (unpaired) electrons. The van der Waals surface area contributed by atoms with E-state index in [9.17, 15) is 18.4 Å². The molecule has 0 bridgehead atoms. The zero-order valence-electron chi connectivity index (χ0n) is 5.01. The molecule has 0 aromatic heterocycles. The van der Waals surface area contributed by atoms with Gasteiger partial charge in [-0.05, 0) is 0 Å². The molecule has 0 saturated carbocycles. The summed E-state index contributed by atoms with van der Waals surface area (Å²) in [6.07, 6.45) is -3.23. The molecule has 58 valence electrons. The number of carbonyl (C=O) groups is 2. The van der Waals surface area contributed by atoms with Crippen molar-refractivity contribution in [3.63, 3.8) is 0 Å². The highest BCUT2D eigenvalue weighted by Gasteiger charge is 2.19. The maximum atomic E-state index is 11.9. The van der Waals surface area contributed by atoms with Gasteiger partial charge < -0.3 is 5.11 Å². The van der Waals surface area contributed by atoms with E-state index >= 15 is 0 Å². The van der Waals surface area contributed by atoms with Gasteiger partial charge in [0.15, 0.2) is 12.0 Å². The normalized spacial score (nSPS) is 12.6. The number of hydrogen-bond acceptors (Lipinski definition) is 2. The number of halogens is 2. The first-order valence-corrected chi connectivity index (χ1v) is 2.52. The fourth-order valence-corrected chi connectivity index (χ4v) is 0.346. The Morgan fingerprint density at radius 2 is 2.00 bits per heavy atom. The first kappa shape index (κ1) is 9.00.